The van der Waals surface area contributed by atoms with E-state index in [1.807, 2.05) is 0 Å². The van der Waals surface area contributed by atoms with Gasteiger partial charge in [0.15, 0.2) is 11.4 Å². The molecule has 0 spiro atoms. The van der Waals surface area contributed by atoms with Crippen LogP contribution >= 0.6 is 0 Å². The third kappa shape index (κ3) is 2.25. The third-order valence-corrected chi connectivity index (χ3v) is 3.80. The number of para-hydroxylation sites is 1. The highest BCUT2D eigenvalue weighted by Crippen LogP contribution is 2.38. The molecular formula is C17H15NO4. The summed E-state index contributed by atoms with van der Waals surface area (Å²) >= 11 is 0. The van der Waals surface area contributed by atoms with Crippen LogP contribution in [0.15, 0.2) is 48.5 Å². The lowest BCUT2D eigenvalue weighted by Gasteiger charge is -2.20. The largest absolute Gasteiger partial charge is 0.497 e. The smallest absolute Gasteiger partial charge is 0.261 e. The van der Waals surface area contributed by atoms with Gasteiger partial charge in [-0.1, -0.05) is 30.3 Å². The number of hydrogen-bond donors (Lipinski definition) is 2. The van der Waals surface area contributed by atoms with Gasteiger partial charge in [-0.2, -0.15) is 0 Å². The zero-order chi connectivity index (χ0) is 15.7. The number of rotatable bonds is 4. The van der Waals surface area contributed by atoms with Crippen molar-refractivity contribution in [2.75, 3.05) is 12.4 Å². The number of anilines is 1. The number of ether oxygens (including phenoxy) is 1. The first-order valence-electron chi connectivity index (χ1n) is 6.85. The molecule has 1 atom stereocenters. The van der Waals surface area contributed by atoms with Crippen LogP contribution in [-0.4, -0.2) is 23.9 Å². The van der Waals surface area contributed by atoms with E-state index in [0.717, 1.165) is 0 Å². The van der Waals surface area contributed by atoms with Crippen LogP contribution in [0.1, 0.15) is 22.3 Å². The average molecular weight is 297 g/mol. The van der Waals surface area contributed by atoms with Crippen LogP contribution in [-0.2, 0) is 10.4 Å². The molecule has 2 aromatic carbocycles. The first-order chi connectivity index (χ1) is 10.5. The van der Waals surface area contributed by atoms with Crippen LogP contribution in [0.25, 0.3) is 0 Å². The molecule has 1 heterocycles. The second-order valence-corrected chi connectivity index (χ2v) is 5.19. The summed E-state index contributed by atoms with van der Waals surface area (Å²) in [6.07, 6.45) is -0.316. The van der Waals surface area contributed by atoms with Crippen molar-refractivity contribution in [2.45, 2.75) is 12.0 Å². The number of carbonyl (C=O) groups is 2. The molecule has 0 aromatic heterocycles. The van der Waals surface area contributed by atoms with Crippen LogP contribution in [0.3, 0.4) is 0 Å². The van der Waals surface area contributed by atoms with E-state index >= 15 is 0 Å². The number of ketones is 1. The van der Waals surface area contributed by atoms with Crippen molar-refractivity contribution < 1.29 is 19.4 Å². The van der Waals surface area contributed by atoms with Crippen molar-refractivity contribution >= 4 is 17.4 Å². The van der Waals surface area contributed by atoms with Gasteiger partial charge >= 0.3 is 0 Å². The lowest BCUT2D eigenvalue weighted by molar-refractivity contribution is -0.133. The van der Waals surface area contributed by atoms with E-state index in [9.17, 15) is 14.7 Å². The van der Waals surface area contributed by atoms with Gasteiger partial charge in [-0.05, 0) is 18.2 Å². The Bertz CT molecular complexity index is 756. The van der Waals surface area contributed by atoms with Gasteiger partial charge in [-0.3, -0.25) is 9.59 Å². The zero-order valence-corrected chi connectivity index (χ0v) is 12.0. The summed E-state index contributed by atoms with van der Waals surface area (Å²) in [6, 6.07) is 13.5. The number of benzene rings is 2. The minimum atomic E-state index is -1.84. The Kier molecular flexibility index (Phi) is 3.42. The first-order valence-corrected chi connectivity index (χ1v) is 6.85. The van der Waals surface area contributed by atoms with Gasteiger partial charge in [0.2, 0.25) is 0 Å². The standard InChI is InChI=1S/C17H15NO4/c1-22-12-6-4-5-11(9-12)15(19)10-17(21)13-7-2-3-8-14(13)18-16(17)20/h2-9,21H,10H2,1H3,(H,18,20)/t17-/m0/s1. The summed E-state index contributed by atoms with van der Waals surface area (Å²) < 4.78 is 5.08. The van der Waals surface area contributed by atoms with E-state index < -0.39 is 11.5 Å². The number of aliphatic hydroxyl groups is 1. The van der Waals surface area contributed by atoms with Crippen molar-refractivity contribution in [1.82, 2.24) is 0 Å². The van der Waals surface area contributed by atoms with E-state index in [1.54, 1.807) is 48.5 Å². The van der Waals surface area contributed by atoms with Crippen molar-refractivity contribution in [3.63, 3.8) is 0 Å². The van der Waals surface area contributed by atoms with Gasteiger partial charge in [0.1, 0.15) is 5.75 Å². The Morgan fingerprint density at radius 2 is 2.00 bits per heavy atom. The quantitative estimate of drug-likeness (QED) is 0.848. The van der Waals surface area contributed by atoms with Crippen LogP contribution in [0.5, 0.6) is 5.75 Å². The van der Waals surface area contributed by atoms with Crippen LogP contribution in [0, 0.1) is 0 Å². The molecule has 0 unspecified atom stereocenters. The molecule has 0 saturated carbocycles. The number of Topliss-reactive ketones (excluding diaryl/α,β-unsaturated/α-hetero) is 1. The normalized spacial score (nSPS) is 19.5. The van der Waals surface area contributed by atoms with E-state index in [-0.39, 0.29) is 12.2 Å². The lowest BCUT2D eigenvalue weighted by atomic mass is 9.88. The van der Waals surface area contributed by atoms with Crippen molar-refractivity contribution in [2.24, 2.45) is 0 Å². The fraction of sp³-hybridized carbons (Fsp3) is 0.176. The van der Waals surface area contributed by atoms with Gasteiger partial charge < -0.3 is 15.2 Å². The van der Waals surface area contributed by atoms with Crippen molar-refractivity contribution in [3.8, 4) is 5.75 Å². The van der Waals surface area contributed by atoms with Gasteiger partial charge in [0, 0.05) is 16.8 Å². The molecule has 1 amide bonds. The van der Waals surface area contributed by atoms with Gasteiger partial charge in [0.05, 0.1) is 13.5 Å². The van der Waals surface area contributed by atoms with Crippen LogP contribution < -0.4 is 10.1 Å². The minimum Gasteiger partial charge on any atom is -0.497 e. The molecule has 0 fully saturated rings. The average Bonchev–Trinajstić information content (AvgIpc) is 2.79. The molecule has 0 radical (unpaired) electrons. The van der Waals surface area contributed by atoms with E-state index in [1.165, 1.54) is 7.11 Å². The minimum absolute atomic E-state index is 0.316. The molecule has 2 aromatic rings. The lowest BCUT2D eigenvalue weighted by Crippen LogP contribution is -2.36. The number of hydrogen-bond acceptors (Lipinski definition) is 4. The summed E-state index contributed by atoms with van der Waals surface area (Å²) in [4.78, 5) is 24.5. The number of nitrogens with one attached hydrogen (secondary N) is 1. The highest BCUT2D eigenvalue weighted by Gasteiger charge is 2.46. The van der Waals surface area contributed by atoms with Gasteiger partial charge in [-0.25, -0.2) is 0 Å². The van der Waals surface area contributed by atoms with E-state index in [4.69, 9.17) is 4.74 Å². The molecule has 112 valence electrons. The van der Waals surface area contributed by atoms with Crippen LogP contribution in [0.4, 0.5) is 5.69 Å². The van der Waals surface area contributed by atoms with Crippen LogP contribution in [0.2, 0.25) is 0 Å². The number of fused-ring (bicyclic) bond motifs is 1. The monoisotopic (exact) mass is 297 g/mol. The van der Waals surface area contributed by atoms with Crippen molar-refractivity contribution in [1.29, 1.82) is 0 Å². The molecule has 1 aliphatic heterocycles. The molecule has 5 heteroatoms. The summed E-state index contributed by atoms with van der Waals surface area (Å²) in [6.45, 7) is 0. The maximum atomic E-state index is 12.4. The maximum Gasteiger partial charge on any atom is 0.261 e. The maximum absolute atomic E-state index is 12.4. The summed E-state index contributed by atoms with van der Waals surface area (Å²) in [5, 5.41) is 13.3. The molecule has 0 aliphatic carbocycles. The Labute approximate surface area is 127 Å². The molecule has 2 N–H and O–H groups in total. The zero-order valence-electron chi connectivity index (χ0n) is 12.0. The Hall–Kier alpha value is -2.66. The predicted molar refractivity (Wildman–Crippen MR) is 80.9 cm³/mol. The predicted octanol–water partition coefficient (Wildman–Crippen LogP) is 2.11. The fourth-order valence-electron chi connectivity index (χ4n) is 2.61. The van der Waals surface area contributed by atoms with E-state index in [2.05, 4.69) is 5.32 Å². The number of methoxy groups -OCH3 is 1. The molecule has 3 rings (SSSR count). The Morgan fingerprint density at radius 1 is 1.23 bits per heavy atom. The van der Waals surface area contributed by atoms with Crippen molar-refractivity contribution in [3.05, 3.63) is 59.7 Å². The molecule has 22 heavy (non-hydrogen) atoms. The number of amides is 1. The summed E-state index contributed by atoms with van der Waals surface area (Å²) in [7, 11) is 1.51. The van der Waals surface area contributed by atoms with E-state index in [0.29, 0.717) is 22.6 Å². The SMILES string of the molecule is COc1cccc(C(=O)C[C@@]2(O)C(=O)Nc3ccccc32)c1. The molecular weight excluding hydrogens is 282 g/mol. The summed E-state index contributed by atoms with van der Waals surface area (Å²) in [5.41, 5.74) is -0.480. The second-order valence-electron chi connectivity index (χ2n) is 5.19. The van der Waals surface area contributed by atoms with Gasteiger partial charge in [-0.15, -0.1) is 0 Å². The third-order valence-electron chi connectivity index (χ3n) is 3.80. The first kappa shape index (κ1) is 14.3. The Balaban J connectivity index is 1.91. The van der Waals surface area contributed by atoms with Gasteiger partial charge in [0.25, 0.3) is 5.91 Å². The topological polar surface area (TPSA) is 75.6 Å². The molecule has 5 nitrogen and oxygen atoms in total. The second kappa shape index (κ2) is 5.27. The molecule has 0 saturated heterocycles. The summed E-state index contributed by atoms with van der Waals surface area (Å²) in [5.74, 6) is -0.354. The highest BCUT2D eigenvalue weighted by molar-refractivity contribution is 6.09. The molecule has 1 aliphatic rings. The molecule has 0 bridgehead atoms. The number of carbonyl (C=O) groups excluding carboxylic acids is 2. The highest BCUT2D eigenvalue weighted by atomic mass is 16.5. The fourth-order valence-corrected chi connectivity index (χ4v) is 2.61. The Morgan fingerprint density at radius 3 is 2.77 bits per heavy atom.